The number of halogens is 1. The maximum Gasteiger partial charge on any atom is 0.253 e. The lowest BCUT2D eigenvalue weighted by Crippen LogP contribution is -2.37. The summed E-state index contributed by atoms with van der Waals surface area (Å²) in [6, 6.07) is 12.5. The van der Waals surface area contributed by atoms with Gasteiger partial charge < -0.3 is 19.3 Å². The van der Waals surface area contributed by atoms with Gasteiger partial charge >= 0.3 is 0 Å². The van der Waals surface area contributed by atoms with Gasteiger partial charge in [0.2, 0.25) is 5.91 Å². The van der Waals surface area contributed by atoms with Crippen molar-refractivity contribution in [2.75, 3.05) is 40.4 Å². The molecule has 0 aromatic heterocycles. The second kappa shape index (κ2) is 9.18. The predicted molar refractivity (Wildman–Crippen MR) is 119 cm³/mol. The highest BCUT2D eigenvalue weighted by atomic mass is 35.5. The minimum atomic E-state index is -0.309. The van der Waals surface area contributed by atoms with Crippen LogP contribution in [-0.4, -0.2) is 62.0 Å². The first-order chi connectivity index (χ1) is 15.0. The van der Waals surface area contributed by atoms with E-state index in [-0.39, 0.29) is 23.7 Å². The number of nitrogens with zero attached hydrogens (tertiary/aromatic N) is 2. The van der Waals surface area contributed by atoms with Gasteiger partial charge in [-0.1, -0.05) is 17.7 Å². The molecule has 0 radical (unpaired) electrons. The Morgan fingerprint density at radius 3 is 2.29 bits per heavy atom. The molecule has 7 heteroatoms. The van der Waals surface area contributed by atoms with Crippen molar-refractivity contribution in [2.45, 2.75) is 18.8 Å². The Morgan fingerprint density at radius 1 is 0.935 bits per heavy atom. The molecule has 2 aromatic rings. The van der Waals surface area contributed by atoms with E-state index in [4.69, 9.17) is 21.1 Å². The van der Waals surface area contributed by atoms with Crippen LogP contribution in [0.1, 0.15) is 34.7 Å². The van der Waals surface area contributed by atoms with Crippen molar-refractivity contribution in [1.82, 2.24) is 9.80 Å². The minimum absolute atomic E-state index is 0.0918. The molecule has 2 aliphatic heterocycles. The average Bonchev–Trinajstić information content (AvgIpc) is 3.49. The van der Waals surface area contributed by atoms with Crippen LogP contribution in [0, 0.1) is 5.92 Å². The summed E-state index contributed by atoms with van der Waals surface area (Å²) < 4.78 is 11.0. The standard InChI is InChI=1S/C24H27ClN2O4/c1-30-18-9-10-19(22(13-18)31-2)20-14-27(23(28)16-5-7-17(25)8-6-16)15-21(20)24(29)26-11-3-4-12-26/h5-10,13,20-21H,3-4,11-12,14-15H2,1-2H3. The Labute approximate surface area is 187 Å². The molecule has 0 saturated carbocycles. The van der Waals surface area contributed by atoms with Gasteiger partial charge in [0.1, 0.15) is 11.5 Å². The van der Waals surface area contributed by atoms with Gasteiger partial charge in [-0.2, -0.15) is 0 Å². The zero-order chi connectivity index (χ0) is 22.0. The molecule has 2 aromatic carbocycles. The molecule has 0 spiro atoms. The topological polar surface area (TPSA) is 59.1 Å². The Balaban J connectivity index is 1.66. The molecular weight excluding hydrogens is 416 g/mol. The smallest absolute Gasteiger partial charge is 0.253 e. The molecule has 0 N–H and O–H groups in total. The van der Waals surface area contributed by atoms with E-state index in [0.717, 1.165) is 31.5 Å². The van der Waals surface area contributed by atoms with Crippen LogP contribution in [-0.2, 0) is 4.79 Å². The molecule has 2 heterocycles. The van der Waals surface area contributed by atoms with Crippen molar-refractivity contribution in [3.8, 4) is 11.5 Å². The highest BCUT2D eigenvalue weighted by Gasteiger charge is 2.43. The van der Waals surface area contributed by atoms with Crippen molar-refractivity contribution in [1.29, 1.82) is 0 Å². The maximum atomic E-state index is 13.4. The molecule has 6 nitrogen and oxygen atoms in total. The lowest BCUT2D eigenvalue weighted by atomic mass is 9.87. The minimum Gasteiger partial charge on any atom is -0.497 e. The zero-order valence-electron chi connectivity index (χ0n) is 17.8. The van der Waals surface area contributed by atoms with Crippen molar-refractivity contribution < 1.29 is 19.1 Å². The summed E-state index contributed by atoms with van der Waals surface area (Å²) in [5.41, 5.74) is 1.49. The number of carbonyl (C=O) groups excluding carboxylic acids is 2. The van der Waals surface area contributed by atoms with E-state index in [1.54, 1.807) is 43.4 Å². The fourth-order valence-electron chi connectivity index (χ4n) is 4.61. The number of benzene rings is 2. The van der Waals surface area contributed by atoms with E-state index in [1.165, 1.54) is 0 Å². The molecule has 2 fully saturated rings. The lowest BCUT2D eigenvalue weighted by molar-refractivity contribution is -0.134. The van der Waals surface area contributed by atoms with E-state index >= 15 is 0 Å². The molecule has 4 rings (SSSR count). The summed E-state index contributed by atoms with van der Waals surface area (Å²) >= 11 is 5.98. The first-order valence-electron chi connectivity index (χ1n) is 10.6. The van der Waals surface area contributed by atoms with E-state index < -0.39 is 0 Å². The largest absolute Gasteiger partial charge is 0.497 e. The van der Waals surface area contributed by atoms with Crippen LogP contribution in [0.5, 0.6) is 11.5 Å². The molecule has 2 unspecified atom stereocenters. The van der Waals surface area contributed by atoms with Gasteiger partial charge in [0.15, 0.2) is 0 Å². The molecule has 2 atom stereocenters. The lowest BCUT2D eigenvalue weighted by Gasteiger charge is -2.25. The third-order valence-electron chi connectivity index (χ3n) is 6.27. The Bertz CT molecular complexity index is 957. The number of methoxy groups -OCH3 is 2. The van der Waals surface area contributed by atoms with Crippen molar-refractivity contribution in [3.63, 3.8) is 0 Å². The number of hydrogen-bond donors (Lipinski definition) is 0. The third kappa shape index (κ3) is 4.35. The van der Waals surface area contributed by atoms with Crippen molar-refractivity contribution in [2.24, 2.45) is 5.92 Å². The van der Waals surface area contributed by atoms with E-state index in [2.05, 4.69) is 0 Å². The van der Waals surface area contributed by atoms with Crippen LogP contribution in [0.25, 0.3) is 0 Å². The van der Waals surface area contributed by atoms with Crippen molar-refractivity contribution >= 4 is 23.4 Å². The number of rotatable bonds is 5. The number of amides is 2. The van der Waals surface area contributed by atoms with Crippen LogP contribution >= 0.6 is 11.6 Å². The molecule has 164 valence electrons. The Hall–Kier alpha value is -2.73. The summed E-state index contributed by atoms with van der Waals surface area (Å²) in [5.74, 6) is 0.930. The zero-order valence-corrected chi connectivity index (χ0v) is 18.6. The number of ether oxygens (including phenoxy) is 2. The molecule has 31 heavy (non-hydrogen) atoms. The quantitative estimate of drug-likeness (QED) is 0.706. The summed E-state index contributed by atoms with van der Waals surface area (Å²) in [6.45, 7) is 2.41. The van der Waals surface area contributed by atoms with Gasteiger partial charge in [-0.25, -0.2) is 0 Å². The first-order valence-corrected chi connectivity index (χ1v) is 10.9. The summed E-state index contributed by atoms with van der Waals surface area (Å²) in [4.78, 5) is 30.3. The maximum absolute atomic E-state index is 13.4. The normalized spacial score (nSPS) is 20.7. The molecule has 2 aliphatic rings. The van der Waals surface area contributed by atoms with Crippen LogP contribution in [0.2, 0.25) is 5.02 Å². The van der Waals surface area contributed by atoms with E-state index in [9.17, 15) is 9.59 Å². The summed E-state index contributed by atoms with van der Waals surface area (Å²) in [6.07, 6.45) is 2.06. The van der Waals surface area contributed by atoms with Gasteiger partial charge in [-0.05, 0) is 43.2 Å². The highest BCUT2D eigenvalue weighted by Crippen LogP contribution is 2.40. The highest BCUT2D eigenvalue weighted by molar-refractivity contribution is 6.30. The molecule has 2 saturated heterocycles. The Kier molecular flexibility index (Phi) is 6.37. The molecule has 0 bridgehead atoms. The van der Waals surface area contributed by atoms with Gasteiger partial charge in [0, 0.05) is 54.3 Å². The summed E-state index contributed by atoms with van der Waals surface area (Å²) in [5, 5.41) is 0.584. The molecule has 0 aliphatic carbocycles. The summed E-state index contributed by atoms with van der Waals surface area (Å²) in [7, 11) is 3.22. The monoisotopic (exact) mass is 442 g/mol. The first kappa shape index (κ1) is 21.5. The van der Waals surface area contributed by atoms with Gasteiger partial charge in [0.05, 0.1) is 20.1 Å². The molecular formula is C24H27ClN2O4. The van der Waals surface area contributed by atoms with Gasteiger partial charge in [-0.15, -0.1) is 0 Å². The van der Waals surface area contributed by atoms with Gasteiger partial charge in [-0.3, -0.25) is 9.59 Å². The fourth-order valence-corrected chi connectivity index (χ4v) is 4.73. The third-order valence-corrected chi connectivity index (χ3v) is 6.53. The van der Waals surface area contributed by atoms with Crippen molar-refractivity contribution in [3.05, 3.63) is 58.6 Å². The van der Waals surface area contributed by atoms with Gasteiger partial charge in [0.25, 0.3) is 5.91 Å². The Morgan fingerprint density at radius 2 is 1.65 bits per heavy atom. The second-order valence-electron chi connectivity index (χ2n) is 8.07. The number of likely N-dealkylation sites (tertiary alicyclic amines) is 2. The second-order valence-corrected chi connectivity index (χ2v) is 8.51. The van der Waals surface area contributed by atoms with E-state index in [0.29, 0.717) is 35.2 Å². The van der Waals surface area contributed by atoms with Crippen LogP contribution in [0.15, 0.2) is 42.5 Å². The number of carbonyl (C=O) groups is 2. The van der Waals surface area contributed by atoms with Crippen LogP contribution < -0.4 is 9.47 Å². The predicted octanol–water partition coefficient (Wildman–Crippen LogP) is 3.84. The average molecular weight is 443 g/mol. The van der Waals surface area contributed by atoms with Crippen LogP contribution in [0.4, 0.5) is 0 Å². The van der Waals surface area contributed by atoms with Crippen LogP contribution in [0.3, 0.4) is 0 Å². The SMILES string of the molecule is COc1ccc(C2CN(C(=O)c3ccc(Cl)cc3)CC2C(=O)N2CCCC2)c(OC)c1. The van der Waals surface area contributed by atoms with E-state index in [1.807, 2.05) is 23.1 Å². The fraction of sp³-hybridized carbons (Fsp3) is 0.417. The number of hydrogen-bond acceptors (Lipinski definition) is 4. The molecule has 2 amide bonds.